The largest absolute Gasteiger partial charge is 0.481 e. The fourth-order valence-electron chi connectivity index (χ4n) is 3.27. The number of aliphatic carboxylic acids is 1. The maximum Gasteiger partial charge on any atom is 0.303 e. The van der Waals surface area contributed by atoms with Crippen LogP contribution in [0.3, 0.4) is 0 Å². The van der Waals surface area contributed by atoms with Crippen molar-refractivity contribution in [1.82, 2.24) is 24.8 Å². The highest BCUT2D eigenvalue weighted by atomic mass is 16.4. The van der Waals surface area contributed by atoms with Crippen LogP contribution in [0, 0.1) is 5.92 Å². The Bertz CT molecular complexity index is 761. The van der Waals surface area contributed by atoms with Gasteiger partial charge in [-0.3, -0.25) is 9.59 Å². The van der Waals surface area contributed by atoms with E-state index in [1.165, 1.54) is 6.33 Å². The number of fused-ring (bicyclic) bond motifs is 1. The number of hydrogen-bond donors (Lipinski definition) is 2. The van der Waals surface area contributed by atoms with E-state index in [0.717, 1.165) is 19.4 Å². The second-order valence-corrected chi connectivity index (χ2v) is 6.43. The normalized spacial score (nSPS) is 17.6. The van der Waals surface area contributed by atoms with E-state index in [0.29, 0.717) is 29.9 Å². The van der Waals surface area contributed by atoms with Gasteiger partial charge in [0, 0.05) is 26.6 Å². The molecule has 1 amide bonds. The molecule has 0 bridgehead atoms. The van der Waals surface area contributed by atoms with Gasteiger partial charge in [0.05, 0.1) is 12.9 Å². The number of carbonyl (C=O) groups is 2. The maximum absolute atomic E-state index is 12.6. The third-order valence-corrected chi connectivity index (χ3v) is 4.58. The first kappa shape index (κ1) is 17.1. The second-order valence-electron chi connectivity index (χ2n) is 6.43. The predicted octanol–water partition coefficient (Wildman–Crippen LogP) is 0.892. The Kier molecular flexibility index (Phi) is 5.11. The first-order valence-corrected chi connectivity index (χ1v) is 8.39. The first-order valence-electron chi connectivity index (χ1n) is 8.39. The fraction of sp³-hybridized carbons (Fsp3) is 0.562. The average molecular weight is 346 g/mol. The highest BCUT2D eigenvalue weighted by Gasteiger charge is 2.25. The van der Waals surface area contributed by atoms with E-state index in [-0.39, 0.29) is 24.8 Å². The highest BCUT2D eigenvalue weighted by Crippen LogP contribution is 2.22. The average Bonchev–Trinajstić information content (AvgIpc) is 3.08. The van der Waals surface area contributed by atoms with E-state index in [9.17, 15) is 9.59 Å². The fourth-order valence-corrected chi connectivity index (χ4v) is 3.27. The van der Waals surface area contributed by atoms with Gasteiger partial charge in [-0.2, -0.15) is 0 Å². The lowest BCUT2D eigenvalue weighted by Gasteiger charge is -2.33. The van der Waals surface area contributed by atoms with Gasteiger partial charge in [0.1, 0.15) is 11.8 Å². The van der Waals surface area contributed by atoms with Gasteiger partial charge in [-0.25, -0.2) is 15.0 Å². The molecule has 1 fully saturated rings. The summed E-state index contributed by atoms with van der Waals surface area (Å²) < 4.78 is 0. The number of imidazole rings is 1. The van der Waals surface area contributed by atoms with E-state index in [1.807, 2.05) is 11.9 Å². The number of piperidine rings is 1. The van der Waals surface area contributed by atoms with Gasteiger partial charge < -0.3 is 19.9 Å². The highest BCUT2D eigenvalue weighted by molar-refractivity contribution is 5.87. The van der Waals surface area contributed by atoms with Gasteiger partial charge in [-0.1, -0.05) is 0 Å². The molecule has 1 unspecified atom stereocenters. The number of carbonyl (C=O) groups excluding carboxylic acids is 1. The minimum atomic E-state index is -0.782. The molecule has 3 rings (SSSR count). The molecule has 0 radical (unpaired) electrons. The Labute approximate surface area is 145 Å². The summed E-state index contributed by atoms with van der Waals surface area (Å²) in [7, 11) is 1.81. The van der Waals surface area contributed by atoms with Crippen molar-refractivity contribution < 1.29 is 14.7 Å². The number of H-pyrrole nitrogens is 1. The predicted molar refractivity (Wildman–Crippen MR) is 91.1 cm³/mol. The number of carboxylic acid groups (broad SMARTS) is 1. The van der Waals surface area contributed by atoms with Gasteiger partial charge in [0.25, 0.3) is 0 Å². The molecule has 1 saturated heterocycles. The number of nitrogens with zero attached hydrogens (tertiary/aromatic N) is 5. The van der Waals surface area contributed by atoms with E-state index in [2.05, 4.69) is 19.9 Å². The number of aromatic nitrogens is 4. The van der Waals surface area contributed by atoms with Crippen LogP contribution in [-0.4, -0.2) is 68.5 Å². The molecule has 1 aliphatic rings. The molecule has 1 aliphatic heterocycles. The number of anilines is 1. The van der Waals surface area contributed by atoms with E-state index < -0.39 is 5.97 Å². The van der Waals surface area contributed by atoms with Gasteiger partial charge in [-0.15, -0.1) is 0 Å². The van der Waals surface area contributed by atoms with Crippen LogP contribution in [0.15, 0.2) is 12.7 Å². The molecule has 9 nitrogen and oxygen atoms in total. The molecule has 25 heavy (non-hydrogen) atoms. The zero-order valence-electron chi connectivity index (χ0n) is 14.2. The summed E-state index contributed by atoms with van der Waals surface area (Å²) in [4.78, 5) is 42.4. The van der Waals surface area contributed by atoms with Crippen LogP contribution in [0.5, 0.6) is 0 Å². The van der Waals surface area contributed by atoms with Gasteiger partial charge >= 0.3 is 5.97 Å². The summed E-state index contributed by atoms with van der Waals surface area (Å²) in [6, 6.07) is 0. The van der Waals surface area contributed by atoms with Crippen molar-refractivity contribution in [2.24, 2.45) is 5.92 Å². The molecule has 0 aliphatic carbocycles. The lowest BCUT2D eigenvalue weighted by atomic mass is 9.93. The SMILES string of the molecule is CN(CC(=O)N1CCCC(CCC(=O)O)C1)c1ncnc2nc[nH]c12. The topological polar surface area (TPSA) is 115 Å². The third-order valence-electron chi connectivity index (χ3n) is 4.58. The van der Waals surface area contributed by atoms with Crippen molar-refractivity contribution in [1.29, 1.82) is 0 Å². The Morgan fingerprint density at radius 3 is 3.04 bits per heavy atom. The molecule has 0 saturated carbocycles. The number of aromatic amines is 1. The lowest BCUT2D eigenvalue weighted by molar-refractivity contribution is -0.137. The Morgan fingerprint density at radius 1 is 1.40 bits per heavy atom. The Balaban J connectivity index is 1.61. The van der Waals surface area contributed by atoms with Crippen LogP contribution < -0.4 is 4.90 Å². The van der Waals surface area contributed by atoms with Crippen LogP contribution in [0.4, 0.5) is 5.82 Å². The molecule has 1 atom stereocenters. The quantitative estimate of drug-likeness (QED) is 0.798. The standard InChI is InChI=1S/C16H22N6O3/c1-21(16-14-15(18-9-17-14)19-10-20-16)8-12(23)22-6-2-3-11(7-22)4-5-13(24)25/h9-11H,2-8H2,1H3,(H,24,25)(H,17,18,19,20). The molecule has 9 heteroatoms. The van der Waals surface area contributed by atoms with Crippen molar-refractivity contribution in [3.63, 3.8) is 0 Å². The van der Waals surface area contributed by atoms with Crippen LogP contribution in [-0.2, 0) is 9.59 Å². The number of likely N-dealkylation sites (N-methyl/N-ethyl adjacent to an activating group) is 1. The van der Waals surface area contributed by atoms with Crippen molar-refractivity contribution in [3.8, 4) is 0 Å². The maximum atomic E-state index is 12.6. The summed E-state index contributed by atoms with van der Waals surface area (Å²) >= 11 is 0. The molecule has 0 spiro atoms. The van der Waals surface area contributed by atoms with Crippen molar-refractivity contribution in [2.45, 2.75) is 25.7 Å². The van der Waals surface area contributed by atoms with E-state index >= 15 is 0 Å². The summed E-state index contributed by atoms with van der Waals surface area (Å²) in [5.74, 6) is 0.136. The summed E-state index contributed by atoms with van der Waals surface area (Å²) in [5, 5.41) is 8.83. The minimum absolute atomic E-state index is 0.0220. The number of hydrogen-bond acceptors (Lipinski definition) is 6. The number of amides is 1. The molecule has 2 aromatic heterocycles. The molecule has 3 heterocycles. The van der Waals surface area contributed by atoms with Crippen LogP contribution in [0.1, 0.15) is 25.7 Å². The van der Waals surface area contributed by atoms with Crippen molar-refractivity contribution >= 4 is 28.9 Å². The van der Waals surface area contributed by atoms with E-state index in [4.69, 9.17) is 5.11 Å². The zero-order chi connectivity index (χ0) is 17.8. The smallest absolute Gasteiger partial charge is 0.303 e. The number of nitrogens with one attached hydrogen (secondary N) is 1. The van der Waals surface area contributed by atoms with Crippen LogP contribution in [0.2, 0.25) is 0 Å². The van der Waals surface area contributed by atoms with E-state index in [1.54, 1.807) is 11.2 Å². The molecular formula is C16H22N6O3. The molecule has 2 aromatic rings. The van der Waals surface area contributed by atoms with Crippen LogP contribution >= 0.6 is 0 Å². The number of carboxylic acids is 1. The molecular weight excluding hydrogens is 324 g/mol. The van der Waals surface area contributed by atoms with Crippen molar-refractivity contribution in [3.05, 3.63) is 12.7 Å². The summed E-state index contributed by atoms with van der Waals surface area (Å²) in [6.45, 7) is 1.56. The van der Waals surface area contributed by atoms with Crippen LogP contribution in [0.25, 0.3) is 11.2 Å². The first-order chi connectivity index (χ1) is 12.0. The monoisotopic (exact) mass is 346 g/mol. The summed E-state index contributed by atoms with van der Waals surface area (Å²) in [5.41, 5.74) is 1.27. The van der Waals surface area contributed by atoms with Gasteiger partial charge in [0.2, 0.25) is 5.91 Å². The lowest BCUT2D eigenvalue weighted by Crippen LogP contribution is -2.44. The Hall–Kier alpha value is -2.71. The third kappa shape index (κ3) is 4.04. The molecule has 0 aromatic carbocycles. The second kappa shape index (κ2) is 7.45. The number of rotatable bonds is 6. The zero-order valence-corrected chi connectivity index (χ0v) is 14.2. The minimum Gasteiger partial charge on any atom is -0.481 e. The van der Waals surface area contributed by atoms with Crippen molar-refractivity contribution in [2.75, 3.05) is 31.6 Å². The molecule has 134 valence electrons. The number of likely N-dealkylation sites (tertiary alicyclic amines) is 1. The summed E-state index contributed by atoms with van der Waals surface area (Å²) in [6.07, 6.45) is 5.66. The van der Waals surface area contributed by atoms with Gasteiger partial charge in [-0.05, 0) is 25.2 Å². The molecule has 2 N–H and O–H groups in total. The Morgan fingerprint density at radius 2 is 2.24 bits per heavy atom. The van der Waals surface area contributed by atoms with Gasteiger partial charge in [0.15, 0.2) is 11.5 Å².